The van der Waals surface area contributed by atoms with E-state index < -0.39 is 6.10 Å². The molecular weight excluding hydrogens is 340 g/mol. The number of aryl methyl sites for hydroxylation is 1. The second-order valence-electron chi connectivity index (χ2n) is 6.44. The van der Waals surface area contributed by atoms with Crippen molar-refractivity contribution in [3.05, 3.63) is 84.2 Å². The minimum absolute atomic E-state index is 0.136. The molecule has 5 nitrogen and oxygen atoms in total. The van der Waals surface area contributed by atoms with Crippen LogP contribution in [0.1, 0.15) is 11.1 Å². The number of aromatic nitrogens is 1. The van der Waals surface area contributed by atoms with Crippen molar-refractivity contribution in [1.82, 2.24) is 4.98 Å². The zero-order chi connectivity index (χ0) is 18.6. The number of carbonyl (C=O) groups is 1. The van der Waals surface area contributed by atoms with Crippen LogP contribution in [0.4, 0.5) is 5.69 Å². The molecule has 5 heteroatoms. The summed E-state index contributed by atoms with van der Waals surface area (Å²) in [7, 11) is 0. The predicted molar refractivity (Wildman–Crippen MR) is 103 cm³/mol. The number of carbonyl (C=O) groups excluding carboxylic acids is 1. The van der Waals surface area contributed by atoms with E-state index in [1.165, 1.54) is 0 Å². The molecule has 0 saturated heterocycles. The molecule has 4 rings (SSSR count). The number of benzene rings is 2. The molecule has 1 aromatic heterocycles. The third-order valence-electron chi connectivity index (χ3n) is 4.52. The van der Waals surface area contributed by atoms with Gasteiger partial charge in [-0.15, -0.1) is 0 Å². The highest BCUT2D eigenvalue weighted by Gasteiger charge is 2.32. The Kier molecular flexibility index (Phi) is 4.75. The van der Waals surface area contributed by atoms with Crippen molar-refractivity contribution in [3.63, 3.8) is 0 Å². The van der Waals surface area contributed by atoms with Gasteiger partial charge in [0, 0.05) is 18.1 Å². The maximum Gasteiger partial charge on any atom is 0.271 e. The van der Waals surface area contributed by atoms with Gasteiger partial charge in [-0.3, -0.25) is 9.78 Å². The summed E-state index contributed by atoms with van der Waals surface area (Å²) in [4.78, 5) is 19.3. The van der Waals surface area contributed by atoms with Crippen molar-refractivity contribution in [2.24, 2.45) is 0 Å². The fourth-order valence-electron chi connectivity index (χ4n) is 3.14. The number of ether oxygens (including phenoxy) is 2. The highest BCUT2D eigenvalue weighted by Crippen LogP contribution is 2.32. The molecule has 2 heterocycles. The molecule has 0 bridgehead atoms. The van der Waals surface area contributed by atoms with E-state index in [1.807, 2.05) is 67.6 Å². The van der Waals surface area contributed by atoms with E-state index >= 15 is 0 Å². The molecule has 1 aliphatic heterocycles. The lowest BCUT2D eigenvalue weighted by atomic mass is 10.1. The monoisotopic (exact) mass is 360 g/mol. The van der Waals surface area contributed by atoms with Crippen LogP contribution in [0.15, 0.2) is 73.1 Å². The highest BCUT2D eigenvalue weighted by atomic mass is 16.6. The first kappa shape index (κ1) is 17.1. The lowest BCUT2D eigenvalue weighted by Gasteiger charge is -2.31. The Morgan fingerprint density at radius 2 is 1.85 bits per heavy atom. The van der Waals surface area contributed by atoms with Gasteiger partial charge in [0.15, 0.2) is 11.5 Å². The summed E-state index contributed by atoms with van der Waals surface area (Å²) in [6.07, 6.45) is 2.79. The fourth-order valence-corrected chi connectivity index (χ4v) is 3.14. The van der Waals surface area contributed by atoms with Crippen LogP contribution < -0.4 is 14.4 Å². The number of hydrogen-bond donors (Lipinski definition) is 0. The number of para-hydroxylation sites is 3. The molecule has 1 aliphatic rings. The molecule has 0 aliphatic carbocycles. The van der Waals surface area contributed by atoms with Crippen LogP contribution in [0, 0.1) is 6.92 Å². The van der Waals surface area contributed by atoms with Crippen LogP contribution in [0.2, 0.25) is 0 Å². The van der Waals surface area contributed by atoms with E-state index in [0.29, 0.717) is 18.0 Å². The minimum atomic E-state index is -0.698. The van der Waals surface area contributed by atoms with Crippen LogP contribution in [-0.4, -0.2) is 23.6 Å². The second kappa shape index (κ2) is 7.50. The summed E-state index contributed by atoms with van der Waals surface area (Å²) < 4.78 is 11.7. The first-order valence-corrected chi connectivity index (χ1v) is 8.87. The van der Waals surface area contributed by atoms with E-state index in [0.717, 1.165) is 16.8 Å². The van der Waals surface area contributed by atoms with E-state index in [2.05, 4.69) is 4.98 Å². The molecule has 1 unspecified atom stereocenters. The van der Waals surface area contributed by atoms with Crippen LogP contribution in [-0.2, 0) is 11.3 Å². The summed E-state index contributed by atoms with van der Waals surface area (Å²) in [6, 6.07) is 19.1. The molecular formula is C22H20N2O3. The van der Waals surface area contributed by atoms with Gasteiger partial charge >= 0.3 is 0 Å². The molecule has 136 valence electrons. The Morgan fingerprint density at radius 3 is 2.63 bits per heavy atom. The Bertz CT molecular complexity index is 943. The van der Waals surface area contributed by atoms with Crippen LogP contribution in [0.25, 0.3) is 0 Å². The highest BCUT2D eigenvalue weighted by molar-refractivity contribution is 5.97. The largest absolute Gasteiger partial charge is 0.485 e. The molecule has 1 atom stereocenters. The Balaban J connectivity index is 1.64. The number of rotatable bonds is 4. The van der Waals surface area contributed by atoms with E-state index in [-0.39, 0.29) is 12.5 Å². The van der Waals surface area contributed by atoms with Crippen molar-refractivity contribution in [1.29, 1.82) is 0 Å². The molecule has 0 spiro atoms. The average molecular weight is 360 g/mol. The summed E-state index contributed by atoms with van der Waals surface area (Å²) in [5.74, 6) is 1.12. The van der Waals surface area contributed by atoms with Crippen molar-refractivity contribution in [2.75, 3.05) is 11.5 Å². The quantitative estimate of drug-likeness (QED) is 0.711. The van der Waals surface area contributed by atoms with E-state index in [1.54, 1.807) is 17.3 Å². The first-order valence-electron chi connectivity index (χ1n) is 8.87. The van der Waals surface area contributed by atoms with Gasteiger partial charge in [0.2, 0.25) is 6.10 Å². The van der Waals surface area contributed by atoms with Gasteiger partial charge in [0.25, 0.3) is 5.91 Å². The molecule has 3 aromatic rings. The van der Waals surface area contributed by atoms with Crippen LogP contribution in [0.5, 0.6) is 11.5 Å². The van der Waals surface area contributed by atoms with Gasteiger partial charge in [-0.2, -0.15) is 0 Å². The standard InChI is InChI=1S/C22H20N2O3/c1-16-7-2-3-9-18(16)24(14-17-8-6-12-23-13-17)22(25)21-15-26-19-10-4-5-11-20(19)27-21/h2-13,21H,14-15H2,1H3. The molecule has 27 heavy (non-hydrogen) atoms. The molecule has 1 amide bonds. The molecule has 0 N–H and O–H groups in total. The Labute approximate surface area is 158 Å². The Morgan fingerprint density at radius 1 is 1.07 bits per heavy atom. The van der Waals surface area contributed by atoms with Crippen molar-refractivity contribution in [3.8, 4) is 11.5 Å². The normalized spacial score (nSPS) is 15.2. The maximum atomic E-state index is 13.4. The summed E-state index contributed by atoms with van der Waals surface area (Å²) >= 11 is 0. The number of anilines is 1. The van der Waals surface area contributed by atoms with Crippen molar-refractivity contribution in [2.45, 2.75) is 19.6 Å². The Hall–Kier alpha value is -3.34. The zero-order valence-corrected chi connectivity index (χ0v) is 15.0. The molecule has 0 saturated carbocycles. The summed E-state index contributed by atoms with van der Waals surface area (Å²) in [6.45, 7) is 2.59. The number of fused-ring (bicyclic) bond motifs is 1. The van der Waals surface area contributed by atoms with Gasteiger partial charge < -0.3 is 14.4 Å². The third-order valence-corrected chi connectivity index (χ3v) is 4.52. The lowest BCUT2D eigenvalue weighted by molar-refractivity contribution is -0.127. The molecule has 2 aromatic carbocycles. The van der Waals surface area contributed by atoms with Gasteiger partial charge in [0.05, 0.1) is 6.54 Å². The van der Waals surface area contributed by atoms with Gasteiger partial charge in [-0.1, -0.05) is 36.4 Å². The van der Waals surface area contributed by atoms with Crippen molar-refractivity contribution < 1.29 is 14.3 Å². The van der Waals surface area contributed by atoms with Crippen molar-refractivity contribution >= 4 is 11.6 Å². The maximum absolute atomic E-state index is 13.4. The summed E-state index contributed by atoms with van der Waals surface area (Å²) in [5, 5.41) is 0. The molecule has 0 radical (unpaired) electrons. The number of hydrogen-bond acceptors (Lipinski definition) is 4. The van der Waals surface area contributed by atoms with Gasteiger partial charge in [0.1, 0.15) is 6.61 Å². The number of amides is 1. The lowest BCUT2D eigenvalue weighted by Crippen LogP contribution is -2.46. The van der Waals surface area contributed by atoms with Crippen LogP contribution in [0.3, 0.4) is 0 Å². The zero-order valence-electron chi connectivity index (χ0n) is 15.0. The van der Waals surface area contributed by atoms with Gasteiger partial charge in [-0.25, -0.2) is 0 Å². The molecule has 0 fully saturated rings. The number of pyridine rings is 1. The van der Waals surface area contributed by atoms with E-state index in [4.69, 9.17) is 9.47 Å². The number of nitrogens with zero attached hydrogens (tertiary/aromatic N) is 2. The SMILES string of the molecule is Cc1ccccc1N(Cc1cccnc1)C(=O)C1COc2ccccc2O1. The smallest absolute Gasteiger partial charge is 0.271 e. The van der Waals surface area contributed by atoms with Gasteiger partial charge in [-0.05, 0) is 42.3 Å². The van der Waals surface area contributed by atoms with Crippen LogP contribution >= 0.6 is 0 Å². The second-order valence-corrected chi connectivity index (χ2v) is 6.44. The summed E-state index contributed by atoms with van der Waals surface area (Å²) in [5.41, 5.74) is 2.83. The first-order chi connectivity index (χ1) is 13.2. The average Bonchev–Trinajstić information content (AvgIpc) is 2.72. The van der Waals surface area contributed by atoms with E-state index in [9.17, 15) is 4.79 Å². The topological polar surface area (TPSA) is 51.7 Å². The predicted octanol–water partition coefficient (Wildman–Crippen LogP) is 3.76. The minimum Gasteiger partial charge on any atom is -0.485 e. The third kappa shape index (κ3) is 3.62. The fraction of sp³-hybridized carbons (Fsp3) is 0.182.